The van der Waals surface area contributed by atoms with Crippen molar-refractivity contribution in [2.24, 2.45) is 0 Å². The lowest BCUT2D eigenvalue weighted by atomic mass is 10.3. The summed E-state index contributed by atoms with van der Waals surface area (Å²) in [6.45, 7) is -1.93. The highest BCUT2D eigenvalue weighted by molar-refractivity contribution is 6.42. The first-order valence-electron chi connectivity index (χ1n) is 4.69. The van der Waals surface area contributed by atoms with Crippen molar-refractivity contribution in [3.8, 4) is 5.75 Å². The Balaban J connectivity index is 2.40. The average molecular weight is 302 g/mol. The van der Waals surface area contributed by atoms with E-state index in [1.807, 2.05) is 0 Å². The van der Waals surface area contributed by atoms with Gasteiger partial charge in [0, 0.05) is 6.07 Å². The lowest BCUT2D eigenvalue weighted by Crippen LogP contribution is -2.36. The van der Waals surface area contributed by atoms with Crippen molar-refractivity contribution in [1.82, 2.24) is 5.32 Å². The topological polar surface area (TPSA) is 38.3 Å². The quantitative estimate of drug-likeness (QED) is 0.928. The zero-order chi connectivity index (χ0) is 13.8. The van der Waals surface area contributed by atoms with Gasteiger partial charge in [0.15, 0.2) is 6.61 Å². The molecule has 0 aliphatic rings. The van der Waals surface area contributed by atoms with Crippen LogP contribution >= 0.6 is 23.2 Å². The summed E-state index contributed by atoms with van der Waals surface area (Å²) in [5, 5.41) is 2.21. The molecule has 0 fully saturated rings. The fraction of sp³-hybridized carbons (Fsp3) is 0.300. The first-order valence-corrected chi connectivity index (χ1v) is 5.45. The van der Waals surface area contributed by atoms with E-state index in [1.54, 1.807) is 5.32 Å². The van der Waals surface area contributed by atoms with Gasteiger partial charge in [-0.25, -0.2) is 0 Å². The van der Waals surface area contributed by atoms with Crippen molar-refractivity contribution in [2.45, 2.75) is 6.18 Å². The van der Waals surface area contributed by atoms with Gasteiger partial charge in [-0.15, -0.1) is 0 Å². The van der Waals surface area contributed by atoms with Crippen molar-refractivity contribution in [2.75, 3.05) is 13.2 Å². The summed E-state index contributed by atoms with van der Waals surface area (Å²) in [7, 11) is 0. The van der Waals surface area contributed by atoms with Gasteiger partial charge in [0.05, 0.1) is 10.0 Å². The highest BCUT2D eigenvalue weighted by Gasteiger charge is 2.27. The molecule has 1 amide bonds. The number of nitrogens with one attached hydrogen (secondary N) is 1. The third-order valence-electron chi connectivity index (χ3n) is 1.75. The van der Waals surface area contributed by atoms with Crippen LogP contribution in [0.1, 0.15) is 0 Å². The van der Waals surface area contributed by atoms with Crippen LogP contribution in [0.4, 0.5) is 13.2 Å². The Morgan fingerprint density at radius 1 is 1.28 bits per heavy atom. The molecule has 0 aliphatic carbocycles. The Kier molecular flexibility index (Phi) is 5.10. The van der Waals surface area contributed by atoms with Crippen molar-refractivity contribution >= 4 is 29.1 Å². The van der Waals surface area contributed by atoms with E-state index in [0.717, 1.165) is 0 Å². The fourth-order valence-corrected chi connectivity index (χ4v) is 1.25. The summed E-state index contributed by atoms with van der Waals surface area (Å²) >= 11 is 11.3. The number of alkyl halides is 3. The second-order valence-corrected chi connectivity index (χ2v) is 4.07. The summed E-state index contributed by atoms with van der Waals surface area (Å²) in [5.74, 6) is -0.634. The second kappa shape index (κ2) is 6.15. The molecule has 3 nitrogen and oxygen atoms in total. The van der Waals surface area contributed by atoms with Gasteiger partial charge in [-0.3, -0.25) is 4.79 Å². The SMILES string of the molecule is O=C(COc1ccc(Cl)c(Cl)c1)NCC(F)(F)F. The Bertz CT molecular complexity index is 438. The normalized spacial score (nSPS) is 11.2. The summed E-state index contributed by atoms with van der Waals surface area (Å²) in [5.41, 5.74) is 0. The van der Waals surface area contributed by atoms with E-state index in [4.69, 9.17) is 27.9 Å². The second-order valence-electron chi connectivity index (χ2n) is 3.26. The highest BCUT2D eigenvalue weighted by atomic mass is 35.5. The molecule has 0 saturated heterocycles. The minimum absolute atomic E-state index is 0.227. The Labute approximate surface area is 111 Å². The molecule has 0 radical (unpaired) electrons. The molecule has 0 aromatic heterocycles. The number of ether oxygens (including phenoxy) is 1. The van der Waals surface area contributed by atoms with Crippen molar-refractivity contribution in [1.29, 1.82) is 0 Å². The molecular weight excluding hydrogens is 294 g/mol. The van der Waals surface area contributed by atoms with Gasteiger partial charge in [-0.1, -0.05) is 23.2 Å². The van der Waals surface area contributed by atoms with Crippen LogP contribution in [0.5, 0.6) is 5.75 Å². The van der Waals surface area contributed by atoms with E-state index in [0.29, 0.717) is 5.02 Å². The monoisotopic (exact) mass is 301 g/mol. The number of carbonyl (C=O) groups is 1. The van der Waals surface area contributed by atoms with Gasteiger partial charge in [0.2, 0.25) is 0 Å². The molecule has 0 bridgehead atoms. The van der Waals surface area contributed by atoms with Crippen LogP contribution in [0.3, 0.4) is 0 Å². The number of halogens is 5. The van der Waals surface area contributed by atoms with Crippen molar-refractivity contribution in [3.05, 3.63) is 28.2 Å². The molecule has 1 rings (SSSR count). The van der Waals surface area contributed by atoms with Crippen LogP contribution in [-0.4, -0.2) is 25.2 Å². The molecule has 0 spiro atoms. The van der Waals surface area contributed by atoms with E-state index < -0.39 is 25.2 Å². The number of carbonyl (C=O) groups excluding carboxylic acids is 1. The molecule has 1 aromatic carbocycles. The van der Waals surface area contributed by atoms with Crippen LogP contribution < -0.4 is 10.1 Å². The standard InChI is InChI=1S/C10H8Cl2F3NO2/c11-7-2-1-6(3-8(7)12)18-4-9(17)16-5-10(13,14)15/h1-3H,4-5H2,(H,16,17). The van der Waals surface area contributed by atoms with Gasteiger partial charge < -0.3 is 10.1 Å². The summed E-state index contributed by atoms with van der Waals surface area (Å²) in [6, 6.07) is 4.26. The smallest absolute Gasteiger partial charge is 0.405 e. The van der Waals surface area contributed by atoms with E-state index in [2.05, 4.69) is 0 Å². The maximum absolute atomic E-state index is 11.8. The van der Waals surface area contributed by atoms with Gasteiger partial charge in [0.25, 0.3) is 5.91 Å². The van der Waals surface area contributed by atoms with Crippen molar-refractivity contribution in [3.63, 3.8) is 0 Å². The molecule has 0 aliphatic heterocycles. The Morgan fingerprint density at radius 3 is 2.50 bits per heavy atom. The van der Waals surface area contributed by atoms with Crippen LogP contribution in [0.15, 0.2) is 18.2 Å². The number of rotatable bonds is 4. The predicted molar refractivity (Wildman–Crippen MR) is 61.0 cm³/mol. The maximum atomic E-state index is 11.8. The van der Waals surface area contributed by atoms with E-state index in [1.165, 1.54) is 18.2 Å². The lowest BCUT2D eigenvalue weighted by Gasteiger charge is -2.09. The van der Waals surface area contributed by atoms with Crippen LogP contribution in [-0.2, 0) is 4.79 Å². The molecule has 0 heterocycles. The molecule has 1 N–H and O–H groups in total. The number of hydrogen-bond acceptors (Lipinski definition) is 2. The predicted octanol–water partition coefficient (Wildman–Crippen LogP) is 3.05. The van der Waals surface area contributed by atoms with Crippen LogP contribution in [0, 0.1) is 0 Å². The molecule has 0 atom stereocenters. The summed E-state index contributed by atoms with van der Waals surface area (Å²) < 4.78 is 40.3. The highest BCUT2D eigenvalue weighted by Crippen LogP contribution is 2.26. The molecular formula is C10H8Cl2F3NO2. The molecule has 1 aromatic rings. The third kappa shape index (κ3) is 5.46. The van der Waals surface area contributed by atoms with Gasteiger partial charge in [-0.2, -0.15) is 13.2 Å². The zero-order valence-electron chi connectivity index (χ0n) is 8.85. The van der Waals surface area contributed by atoms with Crippen LogP contribution in [0.2, 0.25) is 10.0 Å². The summed E-state index contributed by atoms with van der Waals surface area (Å²) in [6.07, 6.45) is -4.45. The van der Waals surface area contributed by atoms with Crippen molar-refractivity contribution < 1.29 is 22.7 Å². The number of hydrogen-bond donors (Lipinski definition) is 1. The van der Waals surface area contributed by atoms with Gasteiger partial charge in [-0.05, 0) is 12.1 Å². The fourth-order valence-electron chi connectivity index (χ4n) is 0.965. The molecule has 8 heteroatoms. The lowest BCUT2D eigenvalue weighted by molar-refractivity contribution is -0.139. The average Bonchev–Trinajstić information content (AvgIpc) is 2.27. The first-order chi connectivity index (χ1) is 8.28. The van der Waals surface area contributed by atoms with Crippen LogP contribution in [0.25, 0.3) is 0 Å². The van der Waals surface area contributed by atoms with Gasteiger partial charge in [0.1, 0.15) is 12.3 Å². The largest absolute Gasteiger partial charge is 0.484 e. The maximum Gasteiger partial charge on any atom is 0.405 e. The van der Waals surface area contributed by atoms with Gasteiger partial charge >= 0.3 is 6.18 Å². The molecule has 18 heavy (non-hydrogen) atoms. The molecule has 0 unspecified atom stereocenters. The Hall–Kier alpha value is -1.14. The number of amides is 1. The minimum atomic E-state index is -4.45. The number of benzene rings is 1. The van der Waals surface area contributed by atoms with E-state index in [-0.39, 0.29) is 10.8 Å². The minimum Gasteiger partial charge on any atom is -0.484 e. The third-order valence-corrected chi connectivity index (χ3v) is 2.49. The van der Waals surface area contributed by atoms with E-state index in [9.17, 15) is 18.0 Å². The Morgan fingerprint density at radius 2 is 1.94 bits per heavy atom. The molecule has 100 valence electrons. The molecule has 0 saturated carbocycles. The zero-order valence-corrected chi connectivity index (χ0v) is 10.4. The first kappa shape index (κ1) is 14.9. The summed E-state index contributed by atoms with van der Waals surface area (Å²) in [4.78, 5) is 11.0. The van der Waals surface area contributed by atoms with E-state index >= 15 is 0 Å².